The molecule has 2 aromatic heterocycles. The van der Waals surface area contributed by atoms with Crippen LogP contribution in [-0.2, 0) is 6.18 Å². The van der Waals surface area contributed by atoms with Crippen molar-refractivity contribution in [3.05, 3.63) is 59.8 Å². The van der Waals surface area contributed by atoms with E-state index in [0.29, 0.717) is 10.9 Å². The minimum atomic E-state index is -4.60. The number of aliphatic imine (C=N–C) groups is 1. The molecule has 11 heteroatoms. The van der Waals surface area contributed by atoms with Gasteiger partial charge in [0, 0.05) is 18.3 Å². The molecule has 2 aromatic carbocycles. The van der Waals surface area contributed by atoms with E-state index in [9.17, 15) is 18.3 Å². The molecule has 2 heterocycles. The number of hydrogen-bond acceptors (Lipinski definition) is 6. The van der Waals surface area contributed by atoms with E-state index in [1.165, 1.54) is 34.2 Å². The van der Waals surface area contributed by atoms with Crippen molar-refractivity contribution in [2.75, 3.05) is 28.3 Å². The first-order valence-electron chi connectivity index (χ1n) is 9.75. The quantitative estimate of drug-likeness (QED) is 0.247. The van der Waals surface area contributed by atoms with Gasteiger partial charge in [-0.1, -0.05) is 11.3 Å². The maximum Gasteiger partial charge on any atom is 0.422 e. The fourth-order valence-electron chi connectivity index (χ4n) is 3.25. The predicted molar refractivity (Wildman–Crippen MR) is 121 cm³/mol. The lowest BCUT2D eigenvalue weighted by Gasteiger charge is -2.27. The van der Waals surface area contributed by atoms with Crippen molar-refractivity contribution in [1.29, 1.82) is 0 Å². The number of benzene rings is 2. The van der Waals surface area contributed by atoms with Crippen LogP contribution < -0.4 is 14.3 Å². The Morgan fingerprint density at radius 2 is 1.88 bits per heavy atom. The minimum Gasteiger partial charge on any atom is -0.858 e. The lowest BCUT2D eigenvalue weighted by Crippen LogP contribution is -2.37. The van der Waals surface area contributed by atoms with Crippen LogP contribution in [0.4, 0.5) is 24.7 Å². The molecule has 4 rings (SSSR count). The Morgan fingerprint density at radius 1 is 1.12 bits per heavy atom. The zero-order chi connectivity index (χ0) is 24.0. The molecule has 0 N–H and O–H groups in total. The van der Waals surface area contributed by atoms with Gasteiger partial charge in [0.1, 0.15) is 17.0 Å². The first kappa shape index (κ1) is 22.7. The van der Waals surface area contributed by atoms with Gasteiger partial charge < -0.3 is 9.84 Å². The van der Waals surface area contributed by atoms with Crippen molar-refractivity contribution >= 4 is 39.0 Å². The van der Waals surface area contributed by atoms with E-state index < -0.39 is 17.6 Å². The molecule has 33 heavy (non-hydrogen) atoms. The number of thiazole rings is 1. The van der Waals surface area contributed by atoms with Crippen molar-refractivity contribution in [2.45, 2.75) is 6.18 Å². The van der Waals surface area contributed by atoms with Gasteiger partial charge in [-0.3, -0.25) is 4.48 Å². The highest BCUT2D eigenvalue weighted by Crippen LogP contribution is 2.38. The van der Waals surface area contributed by atoms with Gasteiger partial charge in [-0.2, -0.15) is 13.2 Å². The lowest BCUT2D eigenvalue weighted by molar-refractivity contribution is -0.212. The van der Waals surface area contributed by atoms with Gasteiger partial charge in [0.2, 0.25) is 5.13 Å². The molecular weight excluding hydrogens is 455 g/mol. The smallest absolute Gasteiger partial charge is 0.422 e. The fourth-order valence-corrected chi connectivity index (χ4v) is 4.18. The highest BCUT2D eigenvalue weighted by Gasteiger charge is 2.38. The third kappa shape index (κ3) is 4.69. The normalized spacial score (nSPS) is 13.0. The Labute approximate surface area is 191 Å². The largest absolute Gasteiger partial charge is 0.858 e. The third-order valence-corrected chi connectivity index (χ3v) is 5.85. The number of nitrogens with zero attached hydrogens (tertiary/aromatic N) is 5. The number of quaternary nitrogens is 1. The summed E-state index contributed by atoms with van der Waals surface area (Å²) in [7, 11) is 6.46. The average Bonchev–Trinajstić information content (AvgIpc) is 3.38. The number of hydrogen-bond donors (Lipinski definition) is 0. The standard InChI is InChI=1S/C22H20F3N5O2S/c1-30(2,3)17-8-5-13(11-15(17)22(23,24)25)20(31)27-19-9-10-29(28-19)21-26-16-7-6-14(32-4)12-18(16)33-21/h5-12H,1-4H3. The van der Waals surface area contributed by atoms with E-state index in [1.54, 1.807) is 40.5 Å². The van der Waals surface area contributed by atoms with Crippen LogP contribution in [-0.4, -0.2) is 48.9 Å². The SMILES string of the molecule is COc1ccc2nc(-n3ccc(N=C([O-])c4ccc([N+](C)(C)C)c(C(F)(F)F)c4)n3)sc2c1. The molecule has 0 unspecified atom stereocenters. The van der Waals surface area contributed by atoms with Crippen LogP contribution in [0.25, 0.3) is 15.3 Å². The van der Waals surface area contributed by atoms with E-state index >= 15 is 0 Å². The topological polar surface area (TPSA) is 75.4 Å². The van der Waals surface area contributed by atoms with Crippen molar-refractivity contribution < 1.29 is 23.0 Å². The van der Waals surface area contributed by atoms with Crippen LogP contribution in [0.3, 0.4) is 0 Å². The summed E-state index contributed by atoms with van der Waals surface area (Å²) in [5.74, 6) is -0.0391. The molecule has 0 aliphatic carbocycles. The molecular formula is C22H20F3N5O2S. The van der Waals surface area contributed by atoms with Gasteiger partial charge in [-0.15, -0.1) is 5.10 Å². The summed E-state index contributed by atoms with van der Waals surface area (Å²) in [6.45, 7) is 0. The van der Waals surface area contributed by atoms with Gasteiger partial charge in [-0.05, 0) is 41.8 Å². The fraction of sp³-hybridized carbons (Fsp3) is 0.227. The highest BCUT2D eigenvalue weighted by atomic mass is 32.1. The number of ether oxygens (including phenoxy) is 1. The zero-order valence-corrected chi connectivity index (χ0v) is 19.0. The van der Waals surface area contributed by atoms with Crippen LogP contribution in [0.5, 0.6) is 5.75 Å². The van der Waals surface area contributed by atoms with E-state index in [-0.39, 0.29) is 21.6 Å². The maximum atomic E-state index is 13.6. The Bertz CT molecular complexity index is 1350. The summed E-state index contributed by atoms with van der Waals surface area (Å²) in [6, 6.07) is 10.5. The van der Waals surface area contributed by atoms with Gasteiger partial charge in [0.25, 0.3) is 0 Å². The zero-order valence-electron chi connectivity index (χ0n) is 18.2. The van der Waals surface area contributed by atoms with Crippen molar-refractivity contribution in [2.24, 2.45) is 4.99 Å². The number of alkyl halides is 3. The molecule has 0 saturated carbocycles. The molecule has 0 saturated heterocycles. The first-order chi connectivity index (χ1) is 15.5. The van der Waals surface area contributed by atoms with Gasteiger partial charge in [0.15, 0.2) is 5.82 Å². The van der Waals surface area contributed by atoms with E-state index in [1.807, 2.05) is 12.1 Å². The second-order valence-electron chi connectivity index (χ2n) is 8.11. The molecule has 4 aromatic rings. The van der Waals surface area contributed by atoms with Crippen molar-refractivity contribution in [3.8, 4) is 10.9 Å². The Morgan fingerprint density at radius 3 is 2.55 bits per heavy atom. The summed E-state index contributed by atoms with van der Waals surface area (Å²) < 4.78 is 48.3. The Balaban J connectivity index is 1.66. The van der Waals surface area contributed by atoms with Gasteiger partial charge >= 0.3 is 6.18 Å². The van der Waals surface area contributed by atoms with Crippen LogP contribution in [0, 0.1) is 0 Å². The van der Waals surface area contributed by atoms with Crippen LogP contribution in [0.15, 0.2) is 53.7 Å². The van der Waals surface area contributed by atoms with Crippen LogP contribution in [0.1, 0.15) is 11.1 Å². The molecule has 0 bridgehead atoms. The third-order valence-electron chi connectivity index (χ3n) is 4.84. The van der Waals surface area contributed by atoms with E-state index in [4.69, 9.17) is 4.74 Å². The molecule has 0 spiro atoms. The van der Waals surface area contributed by atoms with Crippen molar-refractivity contribution in [1.82, 2.24) is 19.2 Å². The summed E-state index contributed by atoms with van der Waals surface area (Å²) in [6.07, 6.45) is -3.02. The summed E-state index contributed by atoms with van der Waals surface area (Å²) >= 11 is 1.37. The molecule has 7 nitrogen and oxygen atoms in total. The summed E-state index contributed by atoms with van der Waals surface area (Å²) in [5.41, 5.74) is -0.221. The summed E-state index contributed by atoms with van der Waals surface area (Å²) in [5, 5.41) is 17.4. The highest BCUT2D eigenvalue weighted by molar-refractivity contribution is 7.20. The number of fused-ring (bicyclic) bond motifs is 1. The Hall–Kier alpha value is -3.44. The average molecular weight is 475 g/mol. The second kappa shape index (κ2) is 8.16. The van der Waals surface area contributed by atoms with E-state index in [2.05, 4.69) is 15.1 Å². The Kier molecular flexibility index (Phi) is 5.62. The number of aromatic nitrogens is 3. The van der Waals surface area contributed by atoms with Gasteiger partial charge in [0.05, 0.1) is 38.5 Å². The lowest BCUT2D eigenvalue weighted by atomic mass is 10.1. The first-order valence-corrected chi connectivity index (χ1v) is 10.6. The molecule has 0 fully saturated rings. The maximum absolute atomic E-state index is 13.6. The molecule has 172 valence electrons. The number of rotatable bonds is 5. The van der Waals surface area contributed by atoms with Crippen LogP contribution in [0.2, 0.25) is 0 Å². The van der Waals surface area contributed by atoms with Crippen molar-refractivity contribution in [3.63, 3.8) is 0 Å². The molecule has 0 radical (unpaired) electrons. The molecule has 0 aliphatic rings. The minimum absolute atomic E-state index is 0.0428. The summed E-state index contributed by atoms with van der Waals surface area (Å²) in [4.78, 5) is 8.38. The van der Waals surface area contributed by atoms with Gasteiger partial charge in [-0.25, -0.2) is 14.7 Å². The van der Waals surface area contributed by atoms with E-state index in [0.717, 1.165) is 16.3 Å². The second-order valence-corrected chi connectivity index (χ2v) is 9.12. The molecule has 0 amide bonds. The van der Waals surface area contributed by atoms with Crippen LogP contribution >= 0.6 is 11.3 Å². The number of methoxy groups -OCH3 is 1. The monoisotopic (exact) mass is 475 g/mol. The molecule has 0 aliphatic heterocycles. The molecule has 0 atom stereocenters. The number of halogens is 3. The predicted octanol–water partition coefficient (Wildman–Crippen LogP) is 4.14.